The number of carbonyl (C=O) groups excluding carboxylic acids is 3. The van der Waals surface area contributed by atoms with E-state index in [-0.39, 0.29) is 33.3 Å². The molecule has 1 fully saturated rings. The number of carbonyl (C=O) groups is 3. The van der Waals surface area contributed by atoms with Gasteiger partial charge in [-0.3, -0.25) is 29.4 Å². The molecule has 8 nitrogen and oxygen atoms in total. The number of non-ortho nitro benzene ring substituents is 1. The molecule has 0 bridgehead atoms. The van der Waals surface area contributed by atoms with Gasteiger partial charge in [0.25, 0.3) is 16.8 Å². The first-order valence-electron chi connectivity index (χ1n) is 10.4. The Kier molecular flexibility index (Phi) is 7.47. The predicted molar refractivity (Wildman–Crippen MR) is 132 cm³/mol. The molecule has 0 aliphatic carbocycles. The van der Waals surface area contributed by atoms with Crippen molar-refractivity contribution in [3.05, 3.63) is 109 Å². The zero-order chi connectivity index (χ0) is 25.8. The van der Waals surface area contributed by atoms with E-state index in [4.69, 9.17) is 16.3 Å². The van der Waals surface area contributed by atoms with Gasteiger partial charge in [0, 0.05) is 23.3 Å². The molecule has 1 aliphatic heterocycles. The summed E-state index contributed by atoms with van der Waals surface area (Å²) in [5.41, 5.74) is 0.731. The van der Waals surface area contributed by atoms with Crippen molar-refractivity contribution in [2.45, 2.75) is 6.61 Å². The molecule has 0 spiro atoms. The Morgan fingerprint density at radius 3 is 2.53 bits per heavy atom. The van der Waals surface area contributed by atoms with Gasteiger partial charge in [-0.25, -0.2) is 4.39 Å². The van der Waals surface area contributed by atoms with E-state index < -0.39 is 34.2 Å². The van der Waals surface area contributed by atoms with Crippen molar-refractivity contribution in [2.24, 2.45) is 0 Å². The van der Waals surface area contributed by atoms with Crippen LogP contribution in [0.25, 0.3) is 6.08 Å². The van der Waals surface area contributed by atoms with E-state index in [1.165, 1.54) is 42.5 Å². The standard InChI is InChI=1S/C25H16ClFN2O6S/c26-20-5-2-6-21(27)19(20)14-35-18-4-1-3-15(11-18)12-23-24(31)28(25(32)36-23)13-22(30)16-7-9-17(10-8-16)29(33)34/h1-12H,13-14H2/b23-12+. The lowest BCUT2D eigenvalue weighted by Gasteiger charge is -2.11. The SMILES string of the molecule is O=C(CN1C(=O)S/C(=C/c2cccc(OCc3c(F)cccc3Cl)c2)C1=O)c1ccc([N+](=O)[O-])cc1. The summed E-state index contributed by atoms with van der Waals surface area (Å²) in [4.78, 5) is 48.8. The van der Waals surface area contributed by atoms with E-state index in [2.05, 4.69) is 0 Å². The van der Waals surface area contributed by atoms with Crippen LogP contribution in [0.4, 0.5) is 14.9 Å². The van der Waals surface area contributed by atoms with Crippen LogP contribution in [0.2, 0.25) is 5.02 Å². The number of imide groups is 1. The lowest BCUT2D eigenvalue weighted by molar-refractivity contribution is -0.384. The summed E-state index contributed by atoms with van der Waals surface area (Å²) in [6, 6.07) is 15.9. The van der Waals surface area contributed by atoms with Crippen molar-refractivity contribution in [3.63, 3.8) is 0 Å². The third kappa shape index (κ3) is 5.61. The van der Waals surface area contributed by atoms with Gasteiger partial charge < -0.3 is 4.74 Å². The number of nitro benzene ring substituents is 1. The molecule has 3 aromatic carbocycles. The normalized spacial score (nSPS) is 14.4. The van der Waals surface area contributed by atoms with Crippen molar-refractivity contribution < 1.29 is 28.4 Å². The molecular formula is C25H16ClFN2O6S. The Morgan fingerprint density at radius 1 is 1.11 bits per heavy atom. The molecule has 11 heteroatoms. The van der Waals surface area contributed by atoms with Crippen molar-refractivity contribution in [2.75, 3.05) is 6.54 Å². The summed E-state index contributed by atoms with van der Waals surface area (Å²) < 4.78 is 19.6. The van der Waals surface area contributed by atoms with Gasteiger partial charge in [0.05, 0.1) is 21.4 Å². The van der Waals surface area contributed by atoms with Crippen molar-refractivity contribution >= 4 is 52.1 Å². The number of thioether (sulfide) groups is 1. The maximum Gasteiger partial charge on any atom is 0.293 e. The van der Waals surface area contributed by atoms with Crippen LogP contribution >= 0.6 is 23.4 Å². The van der Waals surface area contributed by atoms with Gasteiger partial charge in [-0.15, -0.1) is 0 Å². The largest absolute Gasteiger partial charge is 0.489 e. The molecule has 1 aliphatic rings. The fourth-order valence-electron chi connectivity index (χ4n) is 3.31. The number of nitro groups is 1. The second-order valence-corrected chi connectivity index (χ2v) is 8.96. The summed E-state index contributed by atoms with van der Waals surface area (Å²) in [7, 11) is 0. The average molecular weight is 527 g/mol. The molecule has 182 valence electrons. The van der Waals surface area contributed by atoms with E-state index >= 15 is 0 Å². The minimum Gasteiger partial charge on any atom is -0.489 e. The molecule has 0 unspecified atom stereocenters. The summed E-state index contributed by atoms with van der Waals surface area (Å²) in [6.07, 6.45) is 1.49. The topological polar surface area (TPSA) is 107 Å². The summed E-state index contributed by atoms with van der Waals surface area (Å²) in [5, 5.41) is 10.4. The minimum absolute atomic E-state index is 0.101. The first-order valence-corrected chi connectivity index (χ1v) is 11.6. The fraction of sp³-hybridized carbons (Fsp3) is 0.0800. The number of benzene rings is 3. The van der Waals surface area contributed by atoms with Gasteiger partial charge in [-0.2, -0.15) is 0 Å². The highest BCUT2D eigenvalue weighted by Gasteiger charge is 2.36. The molecule has 4 rings (SSSR count). The van der Waals surface area contributed by atoms with E-state index in [0.29, 0.717) is 23.1 Å². The van der Waals surface area contributed by atoms with Crippen LogP contribution in [-0.2, 0) is 11.4 Å². The van der Waals surface area contributed by atoms with Gasteiger partial charge >= 0.3 is 0 Å². The van der Waals surface area contributed by atoms with Gasteiger partial charge in [0.2, 0.25) is 0 Å². The maximum absolute atomic E-state index is 14.0. The second kappa shape index (κ2) is 10.7. The minimum atomic E-state index is -0.635. The molecule has 1 heterocycles. The van der Waals surface area contributed by atoms with Crippen molar-refractivity contribution in [1.82, 2.24) is 4.90 Å². The van der Waals surface area contributed by atoms with E-state index in [0.717, 1.165) is 4.90 Å². The average Bonchev–Trinajstić information content (AvgIpc) is 3.11. The first-order chi connectivity index (χ1) is 17.2. The number of ketones is 1. The van der Waals surface area contributed by atoms with Gasteiger partial charge in [0.1, 0.15) is 18.2 Å². The first kappa shape index (κ1) is 25.1. The predicted octanol–water partition coefficient (Wildman–Crippen LogP) is 5.89. The highest BCUT2D eigenvalue weighted by atomic mass is 35.5. The number of nitrogens with zero attached hydrogens (tertiary/aromatic N) is 2. The van der Waals surface area contributed by atoms with Crippen LogP contribution in [0.1, 0.15) is 21.5 Å². The Hall–Kier alpha value is -4.02. The van der Waals surface area contributed by atoms with E-state index in [1.807, 2.05) is 0 Å². The summed E-state index contributed by atoms with van der Waals surface area (Å²) >= 11 is 6.71. The molecule has 0 radical (unpaired) electrons. The van der Waals surface area contributed by atoms with Crippen LogP contribution in [0.5, 0.6) is 5.75 Å². The summed E-state index contributed by atoms with van der Waals surface area (Å²) in [6.45, 7) is -0.595. The van der Waals surface area contributed by atoms with Crippen LogP contribution in [-0.4, -0.2) is 33.3 Å². The lowest BCUT2D eigenvalue weighted by atomic mass is 10.1. The zero-order valence-electron chi connectivity index (χ0n) is 18.4. The molecule has 0 aromatic heterocycles. The fourth-order valence-corrected chi connectivity index (χ4v) is 4.37. The van der Waals surface area contributed by atoms with Gasteiger partial charge in [-0.05, 0) is 59.8 Å². The number of rotatable bonds is 8. The monoisotopic (exact) mass is 526 g/mol. The molecular weight excluding hydrogens is 511 g/mol. The Balaban J connectivity index is 1.44. The third-order valence-electron chi connectivity index (χ3n) is 5.18. The van der Waals surface area contributed by atoms with Crippen LogP contribution in [0.15, 0.2) is 71.6 Å². The zero-order valence-corrected chi connectivity index (χ0v) is 19.9. The van der Waals surface area contributed by atoms with Crippen LogP contribution in [0, 0.1) is 15.9 Å². The molecule has 3 aromatic rings. The molecule has 0 saturated carbocycles. The number of hydrogen-bond acceptors (Lipinski definition) is 7. The van der Waals surface area contributed by atoms with Crippen molar-refractivity contribution in [3.8, 4) is 5.75 Å². The summed E-state index contributed by atoms with van der Waals surface area (Å²) in [5.74, 6) is -1.26. The van der Waals surface area contributed by atoms with Gasteiger partial charge in [-0.1, -0.05) is 29.8 Å². The highest BCUT2D eigenvalue weighted by Crippen LogP contribution is 2.33. The van der Waals surface area contributed by atoms with Crippen LogP contribution in [0.3, 0.4) is 0 Å². The maximum atomic E-state index is 14.0. The molecule has 0 N–H and O–H groups in total. The van der Waals surface area contributed by atoms with Crippen LogP contribution < -0.4 is 4.74 Å². The third-order valence-corrected chi connectivity index (χ3v) is 6.44. The number of ether oxygens (including phenoxy) is 1. The highest BCUT2D eigenvalue weighted by molar-refractivity contribution is 8.18. The Morgan fingerprint density at radius 2 is 1.83 bits per heavy atom. The second-order valence-electron chi connectivity index (χ2n) is 7.56. The molecule has 36 heavy (non-hydrogen) atoms. The molecule has 0 atom stereocenters. The number of hydrogen-bond donors (Lipinski definition) is 0. The lowest BCUT2D eigenvalue weighted by Crippen LogP contribution is -2.33. The Labute approximate surface area is 213 Å². The quantitative estimate of drug-likeness (QED) is 0.156. The number of amides is 2. The van der Waals surface area contributed by atoms with E-state index in [1.54, 1.807) is 30.3 Å². The van der Waals surface area contributed by atoms with Crippen molar-refractivity contribution in [1.29, 1.82) is 0 Å². The molecule has 2 amide bonds. The number of halogens is 2. The number of Topliss-reactive ketones (excluding diaryl/α,β-unsaturated/α-hetero) is 1. The molecule has 1 saturated heterocycles. The van der Waals surface area contributed by atoms with E-state index in [9.17, 15) is 28.9 Å². The Bertz CT molecular complexity index is 1390. The smallest absolute Gasteiger partial charge is 0.293 e. The van der Waals surface area contributed by atoms with Gasteiger partial charge in [0.15, 0.2) is 5.78 Å².